The van der Waals surface area contributed by atoms with Crippen LogP contribution < -0.4 is 11.1 Å². The monoisotopic (exact) mass is 254 g/mol. The Balaban J connectivity index is 2.19. The first-order chi connectivity index (χ1) is 8.30. The molecule has 1 rings (SSSR count). The smallest absolute Gasteiger partial charge is 0.225 e. The van der Waals surface area contributed by atoms with Gasteiger partial charge in [0.15, 0.2) is 5.96 Å². The third-order valence-electron chi connectivity index (χ3n) is 3.47. The number of guanidine groups is 1. The highest BCUT2D eigenvalue weighted by atomic mass is 16.2. The van der Waals surface area contributed by atoms with Gasteiger partial charge in [0.1, 0.15) is 0 Å². The number of likely N-dealkylation sites (tertiary alicyclic amines) is 1. The van der Waals surface area contributed by atoms with Gasteiger partial charge in [-0.05, 0) is 25.2 Å². The predicted octanol–water partition coefficient (Wildman–Crippen LogP) is 1.14. The van der Waals surface area contributed by atoms with Crippen LogP contribution in [-0.4, -0.2) is 36.4 Å². The van der Waals surface area contributed by atoms with E-state index in [9.17, 15) is 4.79 Å². The molecule has 1 fully saturated rings. The number of amides is 1. The van der Waals surface area contributed by atoms with Gasteiger partial charge in [-0.3, -0.25) is 10.2 Å². The number of hydrogen-bond donors (Lipinski definition) is 3. The summed E-state index contributed by atoms with van der Waals surface area (Å²) in [6.45, 7) is 8.26. The third-order valence-corrected chi connectivity index (χ3v) is 3.47. The molecule has 0 atom stereocenters. The zero-order valence-electron chi connectivity index (χ0n) is 11.8. The van der Waals surface area contributed by atoms with Crippen molar-refractivity contribution in [1.82, 2.24) is 10.2 Å². The van der Waals surface area contributed by atoms with Crippen LogP contribution in [0.15, 0.2) is 0 Å². The molecule has 5 nitrogen and oxygen atoms in total. The number of carbonyl (C=O) groups excluding carboxylic acids is 1. The second kappa shape index (κ2) is 6.07. The summed E-state index contributed by atoms with van der Waals surface area (Å²) in [4.78, 5) is 13.6. The molecule has 1 aliphatic rings. The zero-order chi connectivity index (χ0) is 13.8. The Labute approximate surface area is 110 Å². The van der Waals surface area contributed by atoms with E-state index in [-0.39, 0.29) is 17.3 Å². The highest BCUT2D eigenvalue weighted by Crippen LogP contribution is 2.20. The summed E-state index contributed by atoms with van der Waals surface area (Å²) in [5, 5.41) is 10.3. The molecule has 1 saturated heterocycles. The normalized spacial score (nSPS) is 17.6. The maximum absolute atomic E-state index is 11.7. The lowest BCUT2D eigenvalue weighted by Gasteiger charge is -2.32. The SMILES string of the molecule is CC(C)(C)C(=O)NCCC1CCN(C(=N)N)CC1. The Kier molecular flexibility index (Phi) is 4.99. The number of rotatable bonds is 3. The zero-order valence-corrected chi connectivity index (χ0v) is 11.8. The number of piperidine rings is 1. The average molecular weight is 254 g/mol. The van der Waals surface area contributed by atoms with Gasteiger partial charge in [-0.25, -0.2) is 0 Å². The van der Waals surface area contributed by atoms with Crippen LogP contribution in [0, 0.1) is 16.7 Å². The molecule has 0 radical (unpaired) electrons. The van der Waals surface area contributed by atoms with Crippen molar-refractivity contribution in [3.63, 3.8) is 0 Å². The van der Waals surface area contributed by atoms with Crippen molar-refractivity contribution in [2.24, 2.45) is 17.1 Å². The highest BCUT2D eigenvalue weighted by molar-refractivity contribution is 5.81. The van der Waals surface area contributed by atoms with Gasteiger partial charge in [-0.1, -0.05) is 20.8 Å². The van der Waals surface area contributed by atoms with E-state index >= 15 is 0 Å². The third kappa shape index (κ3) is 4.55. The Morgan fingerprint density at radius 1 is 1.39 bits per heavy atom. The van der Waals surface area contributed by atoms with Crippen molar-refractivity contribution in [3.05, 3.63) is 0 Å². The van der Waals surface area contributed by atoms with E-state index in [0.717, 1.165) is 38.9 Å². The molecular weight excluding hydrogens is 228 g/mol. The van der Waals surface area contributed by atoms with E-state index in [4.69, 9.17) is 11.1 Å². The van der Waals surface area contributed by atoms with Crippen molar-refractivity contribution >= 4 is 11.9 Å². The summed E-state index contributed by atoms with van der Waals surface area (Å²) in [5.41, 5.74) is 5.15. The second-order valence-electron chi connectivity index (χ2n) is 6.11. The maximum atomic E-state index is 11.7. The lowest BCUT2D eigenvalue weighted by molar-refractivity contribution is -0.128. The van der Waals surface area contributed by atoms with Crippen LogP contribution in [0.25, 0.3) is 0 Å². The largest absolute Gasteiger partial charge is 0.370 e. The molecule has 4 N–H and O–H groups in total. The molecule has 1 aliphatic heterocycles. The summed E-state index contributed by atoms with van der Waals surface area (Å²) in [6.07, 6.45) is 3.14. The van der Waals surface area contributed by atoms with Crippen LogP contribution >= 0.6 is 0 Å². The van der Waals surface area contributed by atoms with Crippen molar-refractivity contribution in [2.75, 3.05) is 19.6 Å². The molecular formula is C13H26N4O. The van der Waals surface area contributed by atoms with E-state index in [1.54, 1.807) is 0 Å². The van der Waals surface area contributed by atoms with E-state index < -0.39 is 0 Å². The summed E-state index contributed by atoms with van der Waals surface area (Å²) < 4.78 is 0. The lowest BCUT2D eigenvalue weighted by Crippen LogP contribution is -2.43. The Morgan fingerprint density at radius 3 is 2.39 bits per heavy atom. The number of carbonyl (C=O) groups is 1. The summed E-state index contributed by atoms with van der Waals surface area (Å²) in [5.74, 6) is 0.930. The highest BCUT2D eigenvalue weighted by Gasteiger charge is 2.22. The van der Waals surface area contributed by atoms with Crippen molar-refractivity contribution < 1.29 is 4.79 Å². The first kappa shape index (κ1) is 14.8. The predicted molar refractivity (Wildman–Crippen MR) is 73.3 cm³/mol. The average Bonchev–Trinajstić information content (AvgIpc) is 2.28. The van der Waals surface area contributed by atoms with E-state index in [1.807, 2.05) is 25.7 Å². The summed E-state index contributed by atoms with van der Waals surface area (Å²) >= 11 is 0. The standard InChI is InChI=1S/C13H26N4O/c1-13(2,3)11(18)16-7-4-10-5-8-17(9-6-10)12(14)15/h10H,4-9H2,1-3H3,(H3,14,15)(H,16,18). The molecule has 0 aromatic rings. The minimum atomic E-state index is -0.308. The molecule has 0 aliphatic carbocycles. The molecule has 0 saturated carbocycles. The van der Waals surface area contributed by atoms with Crippen LogP contribution in [0.5, 0.6) is 0 Å². The quantitative estimate of drug-likeness (QED) is 0.522. The fourth-order valence-electron chi connectivity index (χ4n) is 2.12. The fraction of sp³-hybridized carbons (Fsp3) is 0.846. The van der Waals surface area contributed by atoms with E-state index in [0.29, 0.717) is 5.92 Å². The Hall–Kier alpha value is -1.26. The Bertz CT molecular complexity index is 301. The van der Waals surface area contributed by atoms with Crippen molar-refractivity contribution in [2.45, 2.75) is 40.0 Å². The minimum Gasteiger partial charge on any atom is -0.370 e. The number of nitrogens with two attached hydrogens (primary N) is 1. The number of nitrogens with zero attached hydrogens (tertiary/aromatic N) is 1. The second-order valence-corrected chi connectivity index (χ2v) is 6.11. The molecule has 0 aromatic carbocycles. The van der Waals surface area contributed by atoms with Gasteiger partial charge >= 0.3 is 0 Å². The van der Waals surface area contributed by atoms with Crippen molar-refractivity contribution in [3.8, 4) is 0 Å². The van der Waals surface area contributed by atoms with Gasteiger partial charge in [0.05, 0.1) is 0 Å². The molecule has 104 valence electrons. The summed E-state index contributed by atoms with van der Waals surface area (Å²) in [7, 11) is 0. The fourth-order valence-corrected chi connectivity index (χ4v) is 2.12. The van der Waals surface area contributed by atoms with Gasteiger partial charge in [-0.2, -0.15) is 0 Å². The van der Waals surface area contributed by atoms with Gasteiger partial charge in [-0.15, -0.1) is 0 Å². The first-order valence-electron chi connectivity index (χ1n) is 6.68. The van der Waals surface area contributed by atoms with Gasteiger partial charge in [0.2, 0.25) is 5.91 Å². The molecule has 0 unspecified atom stereocenters. The molecule has 18 heavy (non-hydrogen) atoms. The van der Waals surface area contributed by atoms with Crippen LogP contribution in [0.4, 0.5) is 0 Å². The molecule has 0 bridgehead atoms. The molecule has 1 amide bonds. The van der Waals surface area contributed by atoms with Gasteiger partial charge < -0.3 is 16.0 Å². The maximum Gasteiger partial charge on any atom is 0.225 e. The van der Waals surface area contributed by atoms with Gasteiger partial charge in [0, 0.05) is 25.0 Å². The van der Waals surface area contributed by atoms with Crippen molar-refractivity contribution in [1.29, 1.82) is 5.41 Å². The minimum absolute atomic E-state index is 0.115. The van der Waals surface area contributed by atoms with Crippen LogP contribution in [-0.2, 0) is 4.79 Å². The molecule has 5 heteroatoms. The van der Waals surface area contributed by atoms with Crippen LogP contribution in [0.3, 0.4) is 0 Å². The van der Waals surface area contributed by atoms with Crippen LogP contribution in [0.1, 0.15) is 40.0 Å². The van der Waals surface area contributed by atoms with E-state index in [1.165, 1.54) is 0 Å². The molecule has 1 heterocycles. The summed E-state index contributed by atoms with van der Waals surface area (Å²) in [6, 6.07) is 0. The topological polar surface area (TPSA) is 82.2 Å². The molecule has 0 spiro atoms. The first-order valence-corrected chi connectivity index (χ1v) is 6.68. The van der Waals surface area contributed by atoms with Gasteiger partial charge in [0.25, 0.3) is 0 Å². The van der Waals surface area contributed by atoms with Crippen LogP contribution in [0.2, 0.25) is 0 Å². The lowest BCUT2D eigenvalue weighted by atomic mass is 9.92. The Morgan fingerprint density at radius 2 is 1.94 bits per heavy atom. The number of hydrogen-bond acceptors (Lipinski definition) is 2. The van der Waals surface area contributed by atoms with E-state index in [2.05, 4.69) is 5.32 Å². The molecule has 0 aromatic heterocycles. The number of nitrogens with one attached hydrogen (secondary N) is 2.